The van der Waals surface area contributed by atoms with Crippen LogP contribution >= 0.6 is 0 Å². The fourth-order valence-corrected chi connectivity index (χ4v) is 2.13. The molecular formula is C17H26N2O4. The fraction of sp³-hybridized carbons (Fsp3) is 0.529. The number of nitrogens with one attached hydrogen (secondary N) is 1. The molecule has 1 aromatic rings. The highest BCUT2D eigenvalue weighted by Crippen LogP contribution is 2.16. The molecule has 0 aliphatic rings. The van der Waals surface area contributed by atoms with Crippen LogP contribution < -0.4 is 10.1 Å². The number of amides is 1. The van der Waals surface area contributed by atoms with E-state index in [0.29, 0.717) is 26.2 Å². The van der Waals surface area contributed by atoms with Gasteiger partial charge in [0.15, 0.2) is 0 Å². The first kappa shape index (κ1) is 19.0. The molecule has 0 aromatic heterocycles. The van der Waals surface area contributed by atoms with Crippen LogP contribution in [0.5, 0.6) is 5.75 Å². The predicted molar refractivity (Wildman–Crippen MR) is 88.4 cm³/mol. The lowest BCUT2D eigenvalue weighted by Gasteiger charge is -2.26. The zero-order valence-electron chi connectivity index (χ0n) is 14.0. The second-order valence-electron chi connectivity index (χ2n) is 5.46. The Morgan fingerprint density at radius 3 is 2.74 bits per heavy atom. The maximum absolute atomic E-state index is 11.3. The van der Waals surface area contributed by atoms with Gasteiger partial charge >= 0.3 is 5.97 Å². The smallest absolute Gasteiger partial charge is 0.320 e. The minimum absolute atomic E-state index is 0.122. The van der Waals surface area contributed by atoms with Crippen LogP contribution in [-0.4, -0.2) is 47.6 Å². The molecule has 1 amide bonds. The number of hydrogen-bond acceptors (Lipinski definition) is 4. The summed E-state index contributed by atoms with van der Waals surface area (Å²) in [4.78, 5) is 24.1. The molecule has 0 aliphatic carbocycles. The van der Waals surface area contributed by atoms with Crippen molar-refractivity contribution in [2.75, 3.05) is 19.7 Å². The third kappa shape index (κ3) is 7.15. The van der Waals surface area contributed by atoms with Crippen molar-refractivity contribution in [3.63, 3.8) is 0 Å². The Kier molecular flexibility index (Phi) is 8.11. The first-order valence-electron chi connectivity index (χ1n) is 7.87. The molecule has 1 atom stereocenters. The minimum atomic E-state index is -0.883. The van der Waals surface area contributed by atoms with Gasteiger partial charge in [0.1, 0.15) is 11.8 Å². The van der Waals surface area contributed by atoms with E-state index in [4.69, 9.17) is 4.74 Å². The number of ether oxygens (including phenoxy) is 1. The molecule has 0 saturated carbocycles. The Hall–Kier alpha value is -2.08. The molecule has 1 unspecified atom stereocenters. The lowest BCUT2D eigenvalue weighted by atomic mass is 10.1. The lowest BCUT2D eigenvalue weighted by molar-refractivity contribution is -0.142. The highest BCUT2D eigenvalue weighted by molar-refractivity contribution is 5.73. The Morgan fingerprint density at radius 2 is 2.13 bits per heavy atom. The largest absolute Gasteiger partial charge is 0.494 e. The monoisotopic (exact) mass is 322 g/mol. The van der Waals surface area contributed by atoms with Gasteiger partial charge in [0.25, 0.3) is 0 Å². The molecular weight excluding hydrogens is 296 g/mol. The van der Waals surface area contributed by atoms with Crippen molar-refractivity contribution in [2.45, 2.75) is 39.8 Å². The van der Waals surface area contributed by atoms with Crippen LogP contribution in [0.3, 0.4) is 0 Å². The van der Waals surface area contributed by atoms with E-state index < -0.39 is 12.0 Å². The summed E-state index contributed by atoms with van der Waals surface area (Å²) in [6.45, 7) is 7.15. The van der Waals surface area contributed by atoms with E-state index in [0.717, 1.165) is 17.7 Å². The summed E-state index contributed by atoms with van der Waals surface area (Å²) in [5, 5.41) is 12.0. The number of nitrogens with zero attached hydrogens (tertiary/aromatic N) is 1. The van der Waals surface area contributed by atoms with Crippen LogP contribution in [0.1, 0.15) is 32.8 Å². The molecule has 0 saturated heterocycles. The van der Waals surface area contributed by atoms with E-state index in [1.165, 1.54) is 6.92 Å². The second-order valence-corrected chi connectivity index (χ2v) is 5.46. The zero-order chi connectivity index (χ0) is 17.2. The van der Waals surface area contributed by atoms with Crippen molar-refractivity contribution >= 4 is 11.9 Å². The average Bonchev–Trinajstić information content (AvgIpc) is 2.51. The minimum Gasteiger partial charge on any atom is -0.494 e. The fourth-order valence-electron chi connectivity index (χ4n) is 2.13. The highest BCUT2D eigenvalue weighted by Gasteiger charge is 2.20. The molecule has 2 N–H and O–H groups in total. The van der Waals surface area contributed by atoms with Gasteiger partial charge in [0, 0.05) is 26.6 Å². The number of hydrogen-bond donors (Lipinski definition) is 2. The Balaban J connectivity index is 2.74. The topological polar surface area (TPSA) is 78.9 Å². The number of carboxylic acid groups (broad SMARTS) is 1. The molecule has 0 bridgehead atoms. The van der Waals surface area contributed by atoms with Crippen molar-refractivity contribution in [1.29, 1.82) is 0 Å². The molecule has 0 heterocycles. The zero-order valence-corrected chi connectivity index (χ0v) is 14.0. The number of carboxylic acids is 1. The summed E-state index contributed by atoms with van der Waals surface area (Å²) in [7, 11) is 0. The number of benzene rings is 1. The van der Waals surface area contributed by atoms with Crippen molar-refractivity contribution in [2.24, 2.45) is 0 Å². The summed E-state index contributed by atoms with van der Waals surface area (Å²) in [5.74, 6) is -0.219. The van der Waals surface area contributed by atoms with Gasteiger partial charge in [0.05, 0.1) is 6.61 Å². The van der Waals surface area contributed by atoms with Gasteiger partial charge in [-0.05, 0) is 31.0 Å². The first-order chi connectivity index (χ1) is 10.9. The van der Waals surface area contributed by atoms with Crippen molar-refractivity contribution in [1.82, 2.24) is 10.2 Å². The molecule has 0 spiro atoms. The number of carbonyl (C=O) groups is 2. The average molecular weight is 322 g/mol. The van der Waals surface area contributed by atoms with Crippen LogP contribution in [0, 0.1) is 0 Å². The maximum atomic E-state index is 11.3. The van der Waals surface area contributed by atoms with Gasteiger partial charge in [-0.3, -0.25) is 14.5 Å². The van der Waals surface area contributed by atoms with E-state index in [1.807, 2.05) is 36.1 Å². The van der Waals surface area contributed by atoms with Gasteiger partial charge in [0.2, 0.25) is 5.91 Å². The summed E-state index contributed by atoms with van der Waals surface area (Å²) in [6.07, 6.45) is 0.934. The lowest BCUT2D eigenvalue weighted by Crippen LogP contribution is -2.42. The van der Waals surface area contributed by atoms with Crippen LogP contribution in [0.2, 0.25) is 0 Å². The van der Waals surface area contributed by atoms with E-state index in [9.17, 15) is 14.7 Å². The van der Waals surface area contributed by atoms with Crippen molar-refractivity contribution in [3.05, 3.63) is 29.8 Å². The van der Waals surface area contributed by atoms with Crippen LogP contribution in [0.15, 0.2) is 24.3 Å². The number of rotatable bonds is 10. The SMILES string of the molecule is CCCOc1cccc(CN(CCNC(C)=O)C(C)C(=O)O)c1. The van der Waals surface area contributed by atoms with E-state index in [2.05, 4.69) is 5.32 Å². The Morgan fingerprint density at radius 1 is 1.39 bits per heavy atom. The molecule has 1 rings (SSSR count). The van der Waals surface area contributed by atoms with E-state index >= 15 is 0 Å². The van der Waals surface area contributed by atoms with E-state index in [-0.39, 0.29) is 5.91 Å². The summed E-state index contributed by atoms with van der Waals surface area (Å²) in [5.41, 5.74) is 0.981. The molecule has 6 heteroatoms. The molecule has 6 nitrogen and oxygen atoms in total. The summed E-state index contributed by atoms with van der Waals surface area (Å²) in [6, 6.07) is 7.03. The Bertz CT molecular complexity index is 519. The molecule has 23 heavy (non-hydrogen) atoms. The quantitative estimate of drug-likeness (QED) is 0.688. The second kappa shape index (κ2) is 9.84. The molecule has 128 valence electrons. The highest BCUT2D eigenvalue weighted by atomic mass is 16.5. The number of carbonyl (C=O) groups excluding carboxylic acids is 1. The molecule has 0 aliphatic heterocycles. The number of aliphatic carboxylic acids is 1. The summed E-state index contributed by atoms with van der Waals surface area (Å²) >= 11 is 0. The Labute approximate surface area is 137 Å². The molecule has 0 fully saturated rings. The predicted octanol–water partition coefficient (Wildman–Crippen LogP) is 1.89. The summed E-state index contributed by atoms with van der Waals surface area (Å²) < 4.78 is 5.61. The van der Waals surface area contributed by atoms with Crippen LogP contribution in [0.4, 0.5) is 0 Å². The van der Waals surface area contributed by atoms with Gasteiger partial charge in [-0.2, -0.15) is 0 Å². The van der Waals surface area contributed by atoms with Gasteiger partial charge < -0.3 is 15.2 Å². The van der Waals surface area contributed by atoms with Gasteiger partial charge in [-0.1, -0.05) is 19.1 Å². The normalized spacial score (nSPS) is 12.0. The van der Waals surface area contributed by atoms with Gasteiger partial charge in [-0.25, -0.2) is 0 Å². The molecule has 1 aromatic carbocycles. The third-order valence-electron chi connectivity index (χ3n) is 3.44. The molecule has 0 radical (unpaired) electrons. The van der Waals surface area contributed by atoms with Crippen LogP contribution in [-0.2, 0) is 16.1 Å². The third-order valence-corrected chi connectivity index (χ3v) is 3.44. The van der Waals surface area contributed by atoms with Gasteiger partial charge in [-0.15, -0.1) is 0 Å². The van der Waals surface area contributed by atoms with Crippen LogP contribution in [0.25, 0.3) is 0 Å². The first-order valence-corrected chi connectivity index (χ1v) is 7.87. The standard InChI is InChI=1S/C17H26N2O4/c1-4-10-23-16-7-5-6-15(11-16)12-19(13(2)17(21)22)9-8-18-14(3)20/h5-7,11,13H,4,8-10,12H2,1-3H3,(H,18,20)(H,21,22). The maximum Gasteiger partial charge on any atom is 0.320 e. The van der Waals surface area contributed by atoms with E-state index in [1.54, 1.807) is 6.92 Å². The van der Waals surface area contributed by atoms with Crippen molar-refractivity contribution in [3.8, 4) is 5.75 Å². The van der Waals surface area contributed by atoms with Crippen molar-refractivity contribution < 1.29 is 19.4 Å².